The summed E-state index contributed by atoms with van der Waals surface area (Å²) in [6.07, 6.45) is -4.54. The number of halogens is 3. The molecule has 0 aromatic heterocycles. The van der Waals surface area contributed by atoms with Crippen LogP contribution in [0.4, 0.5) is 18.0 Å². The molecule has 0 heterocycles. The summed E-state index contributed by atoms with van der Waals surface area (Å²) in [5.74, 6) is -5.93. The molecule has 3 rings (SSSR count). The summed E-state index contributed by atoms with van der Waals surface area (Å²) >= 11 is 0. The largest absolute Gasteiger partial charge is 0.481 e. The number of rotatable bonds is 10. The molecule has 2 amide bonds. The number of carbonyl (C=O) groups excluding carboxylic acids is 2. The quantitative estimate of drug-likeness (QED) is 0.454. The van der Waals surface area contributed by atoms with Gasteiger partial charge in [0.15, 0.2) is 5.92 Å². The minimum absolute atomic E-state index is 0.0111. The Morgan fingerprint density at radius 1 is 1.03 bits per heavy atom. The zero-order valence-corrected chi connectivity index (χ0v) is 19.1. The molecule has 1 unspecified atom stereocenters. The van der Waals surface area contributed by atoms with Crippen molar-refractivity contribution < 1.29 is 37.4 Å². The molecular weight excluding hydrogens is 465 g/mol. The zero-order chi connectivity index (χ0) is 25.6. The number of carboxylic acid groups (broad SMARTS) is 1. The molecule has 0 saturated heterocycles. The number of aliphatic carboxylic acids is 1. The van der Waals surface area contributed by atoms with Gasteiger partial charge in [-0.1, -0.05) is 68.3 Å². The van der Waals surface area contributed by atoms with Gasteiger partial charge in [0.25, 0.3) is 0 Å². The minimum Gasteiger partial charge on any atom is -0.481 e. The second-order valence-electron chi connectivity index (χ2n) is 8.34. The van der Waals surface area contributed by atoms with Crippen LogP contribution < -0.4 is 10.6 Å². The summed E-state index contributed by atoms with van der Waals surface area (Å²) in [5, 5.41) is 13.2. The number of unbranched alkanes of at least 4 members (excludes halogenated alkanes) is 1. The number of alkyl carbamates (subject to hydrolysis) is 1. The van der Waals surface area contributed by atoms with Gasteiger partial charge in [0.05, 0.1) is 0 Å². The van der Waals surface area contributed by atoms with E-state index in [0.717, 1.165) is 22.3 Å². The molecule has 0 fully saturated rings. The van der Waals surface area contributed by atoms with Crippen LogP contribution in [0.5, 0.6) is 0 Å². The number of benzene rings is 2. The van der Waals surface area contributed by atoms with E-state index in [0.29, 0.717) is 12.8 Å². The fourth-order valence-electron chi connectivity index (χ4n) is 4.13. The number of carbonyl (C=O) groups is 3. The summed E-state index contributed by atoms with van der Waals surface area (Å²) in [4.78, 5) is 35.9. The Morgan fingerprint density at radius 3 is 2.11 bits per heavy atom. The van der Waals surface area contributed by atoms with Crippen LogP contribution >= 0.6 is 0 Å². The third-order valence-electron chi connectivity index (χ3n) is 5.97. The molecule has 2 atom stereocenters. The Hall–Kier alpha value is -3.56. The van der Waals surface area contributed by atoms with Gasteiger partial charge in [0, 0.05) is 12.5 Å². The van der Waals surface area contributed by atoms with Crippen LogP contribution in [0, 0.1) is 5.92 Å². The van der Waals surface area contributed by atoms with E-state index < -0.39 is 42.7 Å². The average molecular weight is 492 g/mol. The number of hydrogen-bond acceptors (Lipinski definition) is 4. The van der Waals surface area contributed by atoms with E-state index in [-0.39, 0.29) is 18.9 Å². The van der Waals surface area contributed by atoms with Gasteiger partial charge in [-0.25, -0.2) is 4.79 Å². The van der Waals surface area contributed by atoms with E-state index >= 15 is 0 Å². The first-order valence-corrected chi connectivity index (χ1v) is 11.3. The van der Waals surface area contributed by atoms with Crippen LogP contribution in [0.15, 0.2) is 48.5 Å². The van der Waals surface area contributed by atoms with Gasteiger partial charge in [0.1, 0.15) is 12.6 Å². The fraction of sp³-hybridized carbons (Fsp3) is 0.400. The lowest BCUT2D eigenvalue weighted by Crippen LogP contribution is -2.50. The van der Waals surface area contributed by atoms with Gasteiger partial charge < -0.3 is 20.5 Å². The fourth-order valence-corrected chi connectivity index (χ4v) is 4.13. The van der Waals surface area contributed by atoms with Crippen molar-refractivity contribution in [1.82, 2.24) is 10.6 Å². The molecular formula is C25H27F3N2O5. The molecule has 0 aliphatic heterocycles. The van der Waals surface area contributed by atoms with Crippen molar-refractivity contribution in [2.24, 2.45) is 5.92 Å². The van der Waals surface area contributed by atoms with Gasteiger partial charge in [0.2, 0.25) is 5.91 Å². The van der Waals surface area contributed by atoms with E-state index in [1.54, 1.807) is 0 Å². The van der Waals surface area contributed by atoms with Crippen LogP contribution in [0.2, 0.25) is 0 Å². The van der Waals surface area contributed by atoms with Crippen LogP contribution in [0.3, 0.4) is 0 Å². The Kier molecular flexibility index (Phi) is 8.37. The van der Waals surface area contributed by atoms with Gasteiger partial charge in [-0.05, 0) is 28.7 Å². The molecule has 0 radical (unpaired) electrons. The minimum atomic E-state index is -5.02. The molecule has 0 saturated carbocycles. The van der Waals surface area contributed by atoms with Crippen molar-refractivity contribution in [3.05, 3.63) is 59.7 Å². The smallest absolute Gasteiger partial charge is 0.407 e. The van der Waals surface area contributed by atoms with Gasteiger partial charge in [-0.2, -0.15) is 13.2 Å². The number of amides is 2. The van der Waals surface area contributed by atoms with Crippen molar-refractivity contribution in [2.45, 2.75) is 44.3 Å². The number of hydrogen-bond donors (Lipinski definition) is 3. The van der Waals surface area contributed by atoms with Crippen LogP contribution in [-0.2, 0) is 14.3 Å². The lowest BCUT2D eigenvalue weighted by molar-refractivity contribution is -0.192. The standard InChI is InChI=1S/C25H27F3N2O5/c1-2-3-12-21(22(31)29-13-20(23(32)33)25(26,27)28)30-24(34)35-14-19-17-10-6-4-8-15(17)16-9-5-7-11-18(16)19/h4-11,19-21H,2-3,12-14H2,1H3,(H,29,31)(H,30,34)(H,32,33)/t20?,21-/m0/s1. The van der Waals surface area contributed by atoms with Gasteiger partial charge in [-0.15, -0.1) is 0 Å². The number of fused-ring (bicyclic) bond motifs is 3. The summed E-state index contributed by atoms with van der Waals surface area (Å²) in [6.45, 7) is 0.732. The molecule has 188 valence electrons. The van der Waals surface area contributed by atoms with E-state index in [9.17, 15) is 27.6 Å². The van der Waals surface area contributed by atoms with Crippen molar-refractivity contribution >= 4 is 18.0 Å². The molecule has 1 aliphatic rings. The van der Waals surface area contributed by atoms with E-state index in [4.69, 9.17) is 9.84 Å². The molecule has 35 heavy (non-hydrogen) atoms. The predicted molar refractivity (Wildman–Crippen MR) is 122 cm³/mol. The third-order valence-corrected chi connectivity index (χ3v) is 5.97. The first-order valence-electron chi connectivity index (χ1n) is 11.3. The molecule has 3 N–H and O–H groups in total. The Morgan fingerprint density at radius 2 is 1.60 bits per heavy atom. The second-order valence-corrected chi connectivity index (χ2v) is 8.34. The molecule has 0 spiro atoms. The van der Waals surface area contributed by atoms with E-state index in [1.807, 2.05) is 60.8 Å². The second kappa shape index (κ2) is 11.2. The van der Waals surface area contributed by atoms with Crippen LogP contribution in [0.25, 0.3) is 11.1 Å². The molecule has 1 aliphatic carbocycles. The molecule has 2 aromatic rings. The highest BCUT2D eigenvalue weighted by molar-refractivity contribution is 5.86. The molecule has 10 heteroatoms. The summed E-state index contributed by atoms with van der Waals surface area (Å²) in [6, 6.07) is 14.4. The number of alkyl halides is 3. The van der Waals surface area contributed by atoms with Crippen molar-refractivity contribution in [3.63, 3.8) is 0 Å². The lowest BCUT2D eigenvalue weighted by Gasteiger charge is -2.21. The third kappa shape index (κ3) is 6.32. The van der Waals surface area contributed by atoms with E-state index in [2.05, 4.69) is 5.32 Å². The molecule has 0 bridgehead atoms. The van der Waals surface area contributed by atoms with Crippen molar-refractivity contribution in [2.75, 3.05) is 13.2 Å². The highest BCUT2D eigenvalue weighted by atomic mass is 19.4. The van der Waals surface area contributed by atoms with Gasteiger partial charge >= 0.3 is 18.2 Å². The summed E-state index contributed by atoms with van der Waals surface area (Å²) in [5.41, 5.74) is 4.12. The van der Waals surface area contributed by atoms with Crippen LogP contribution in [-0.4, -0.2) is 48.4 Å². The first-order chi connectivity index (χ1) is 16.6. The average Bonchev–Trinajstić information content (AvgIpc) is 3.13. The van der Waals surface area contributed by atoms with Gasteiger partial charge in [-0.3, -0.25) is 9.59 Å². The lowest BCUT2D eigenvalue weighted by atomic mass is 9.98. The SMILES string of the molecule is CCCC[C@H](NC(=O)OCC1c2ccccc2-c2ccccc21)C(=O)NCC(C(=O)O)C(F)(F)F. The maximum Gasteiger partial charge on any atom is 0.407 e. The Bertz CT molecular complexity index is 1030. The van der Waals surface area contributed by atoms with Crippen molar-refractivity contribution in [1.29, 1.82) is 0 Å². The number of ether oxygens (including phenoxy) is 1. The number of nitrogens with one attached hydrogen (secondary N) is 2. The Labute approximate surface area is 200 Å². The molecule has 7 nitrogen and oxygen atoms in total. The topological polar surface area (TPSA) is 105 Å². The maximum atomic E-state index is 12.9. The normalized spacial score (nSPS) is 14.4. The molecule has 2 aromatic carbocycles. The monoisotopic (exact) mass is 492 g/mol. The van der Waals surface area contributed by atoms with Crippen LogP contribution in [0.1, 0.15) is 43.2 Å². The maximum absolute atomic E-state index is 12.9. The summed E-state index contributed by atoms with van der Waals surface area (Å²) < 4.78 is 44.0. The Balaban J connectivity index is 1.63. The zero-order valence-electron chi connectivity index (χ0n) is 19.1. The number of carboxylic acids is 1. The predicted octanol–water partition coefficient (Wildman–Crippen LogP) is 4.46. The highest BCUT2D eigenvalue weighted by Gasteiger charge is 2.45. The van der Waals surface area contributed by atoms with Crippen molar-refractivity contribution in [3.8, 4) is 11.1 Å². The first kappa shape index (κ1) is 26.1. The van der Waals surface area contributed by atoms with E-state index in [1.165, 1.54) is 0 Å². The highest BCUT2D eigenvalue weighted by Crippen LogP contribution is 2.44. The summed E-state index contributed by atoms with van der Waals surface area (Å²) in [7, 11) is 0.